The molecular weight excluding hydrogens is 474 g/mol. The third kappa shape index (κ3) is 5.88. The first-order valence-corrected chi connectivity index (χ1v) is 10.4. The van der Waals surface area contributed by atoms with Gasteiger partial charge in [0.25, 0.3) is 0 Å². The van der Waals surface area contributed by atoms with Gasteiger partial charge in [-0.05, 0) is 49.4 Å². The third-order valence-electron chi connectivity index (χ3n) is 4.70. The first kappa shape index (κ1) is 25.6. The summed E-state index contributed by atoms with van der Waals surface area (Å²) in [7, 11) is 2.35. The maximum absolute atomic E-state index is 12.0. The SMILES string of the molecule is CCOC(=O)c1ccc(Nc2ncnc(Nc3cc(C(=O)OC)cc(C(=O)OC)c3)c2[N+](=O)[O-])cc1. The maximum atomic E-state index is 12.0. The predicted molar refractivity (Wildman–Crippen MR) is 127 cm³/mol. The van der Waals surface area contributed by atoms with Crippen molar-refractivity contribution in [3.05, 3.63) is 75.6 Å². The molecule has 0 aliphatic rings. The largest absolute Gasteiger partial charge is 0.465 e. The summed E-state index contributed by atoms with van der Waals surface area (Å²) in [4.78, 5) is 55.0. The summed E-state index contributed by atoms with van der Waals surface area (Å²) in [6.45, 7) is 1.92. The van der Waals surface area contributed by atoms with Crippen LogP contribution < -0.4 is 10.6 Å². The van der Waals surface area contributed by atoms with Crippen LogP contribution in [0.1, 0.15) is 38.0 Å². The van der Waals surface area contributed by atoms with Crippen molar-refractivity contribution in [2.75, 3.05) is 31.5 Å². The van der Waals surface area contributed by atoms with E-state index in [1.807, 2.05) is 0 Å². The first-order valence-electron chi connectivity index (χ1n) is 10.4. The second-order valence-corrected chi connectivity index (χ2v) is 7.01. The van der Waals surface area contributed by atoms with Crippen LogP contribution in [-0.4, -0.2) is 53.6 Å². The minimum Gasteiger partial charge on any atom is -0.465 e. The average Bonchev–Trinajstić information content (AvgIpc) is 2.88. The Morgan fingerprint density at radius 2 is 1.36 bits per heavy atom. The van der Waals surface area contributed by atoms with Gasteiger partial charge in [-0.2, -0.15) is 0 Å². The first-order chi connectivity index (χ1) is 17.3. The normalized spacial score (nSPS) is 10.2. The third-order valence-corrected chi connectivity index (χ3v) is 4.70. The predicted octanol–water partition coefficient (Wildman–Crippen LogP) is 3.62. The van der Waals surface area contributed by atoms with Crippen molar-refractivity contribution in [3.8, 4) is 0 Å². The Morgan fingerprint density at radius 3 is 1.83 bits per heavy atom. The van der Waals surface area contributed by atoms with Crippen LogP contribution in [0.5, 0.6) is 0 Å². The van der Waals surface area contributed by atoms with Crippen LogP contribution >= 0.6 is 0 Å². The fourth-order valence-electron chi connectivity index (χ4n) is 3.08. The van der Waals surface area contributed by atoms with Gasteiger partial charge in [0.15, 0.2) is 0 Å². The van der Waals surface area contributed by atoms with Crippen LogP contribution in [0.15, 0.2) is 48.8 Å². The fourth-order valence-corrected chi connectivity index (χ4v) is 3.08. The van der Waals surface area contributed by atoms with Gasteiger partial charge >= 0.3 is 23.6 Å². The topological polar surface area (TPSA) is 172 Å². The van der Waals surface area contributed by atoms with E-state index >= 15 is 0 Å². The molecule has 0 saturated carbocycles. The molecule has 2 aromatic carbocycles. The monoisotopic (exact) mass is 495 g/mol. The number of nitrogens with zero attached hydrogens (tertiary/aromatic N) is 3. The van der Waals surface area contributed by atoms with E-state index < -0.39 is 28.5 Å². The number of hydrogen-bond donors (Lipinski definition) is 2. The highest BCUT2D eigenvalue weighted by Crippen LogP contribution is 2.33. The van der Waals surface area contributed by atoms with E-state index in [9.17, 15) is 24.5 Å². The number of aromatic nitrogens is 2. The van der Waals surface area contributed by atoms with Gasteiger partial charge in [0.05, 0.1) is 42.4 Å². The summed E-state index contributed by atoms with van der Waals surface area (Å²) in [6, 6.07) is 10.0. The van der Waals surface area contributed by atoms with Crippen molar-refractivity contribution < 1.29 is 33.5 Å². The fraction of sp³-hybridized carbons (Fsp3) is 0.174. The Labute approximate surface area is 204 Å². The molecule has 1 aromatic heterocycles. The summed E-state index contributed by atoms with van der Waals surface area (Å²) in [5.41, 5.74) is 0.393. The number of esters is 3. The highest BCUT2D eigenvalue weighted by molar-refractivity contribution is 5.97. The van der Waals surface area contributed by atoms with Crippen molar-refractivity contribution in [1.82, 2.24) is 9.97 Å². The minimum atomic E-state index is -0.727. The zero-order valence-corrected chi connectivity index (χ0v) is 19.4. The van der Waals surface area contributed by atoms with Crippen molar-refractivity contribution in [3.63, 3.8) is 0 Å². The number of hydrogen-bond acceptors (Lipinski definition) is 12. The number of carbonyl (C=O) groups is 3. The Hall–Kier alpha value is -5.07. The Balaban J connectivity index is 1.96. The molecule has 0 amide bonds. The summed E-state index contributed by atoms with van der Waals surface area (Å²) in [6.07, 6.45) is 1.09. The highest BCUT2D eigenvalue weighted by atomic mass is 16.6. The summed E-state index contributed by atoms with van der Waals surface area (Å²) in [5.74, 6) is -2.30. The van der Waals surface area contributed by atoms with E-state index in [1.54, 1.807) is 6.92 Å². The molecule has 1 heterocycles. The number of carbonyl (C=O) groups excluding carboxylic acids is 3. The molecule has 186 valence electrons. The molecule has 13 nitrogen and oxygen atoms in total. The molecule has 0 aliphatic carbocycles. The molecule has 36 heavy (non-hydrogen) atoms. The zero-order chi connectivity index (χ0) is 26.2. The second kappa shape index (κ2) is 11.4. The molecule has 0 spiro atoms. The molecule has 0 unspecified atom stereocenters. The standard InChI is InChI=1S/C23H21N5O8/c1-4-36-23(31)13-5-7-16(8-6-13)26-19-18(28(32)33)20(25-12-24-19)27-17-10-14(21(29)34-2)9-15(11-17)22(30)35-3/h5-12H,4H2,1-3H3,(H2,24,25,26,27). The Kier molecular flexibility index (Phi) is 8.07. The molecule has 13 heteroatoms. The van der Waals surface area contributed by atoms with Gasteiger partial charge in [-0.15, -0.1) is 0 Å². The van der Waals surface area contributed by atoms with E-state index in [2.05, 4.69) is 20.6 Å². The van der Waals surface area contributed by atoms with Crippen LogP contribution in [0.4, 0.5) is 28.7 Å². The van der Waals surface area contributed by atoms with Gasteiger partial charge in [-0.3, -0.25) is 10.1 Å². The van der Waals surface area contributed by atoms with Crippen molar-refractivity contribution in [2.45, 2.75) is 6.92 Å². The molecule has 0 fully saturated rings. The molecule has 2 N–H and O–H groups in total. The number of methoxy groups -OCH3 is 2. The number of anilines is 4. The van der Waals surface area contributed by atoms with Crippen LogP contribution in [0.25, 0.3) is 0 Å². The smallest absolute Gasteiger partial charge is 0.353 e. The highest BCUT2D eigenvalue weighted by Gasteiger charge is 2.24. The molecule has 0 saturated heterocycles. The van der Waals surface area contributed by atoms with Crippen molar-refractivity contribution in [1.29, 1.82) is 0 Å². The van der Waals surface area contributed by atoms with Gasteiger partial charge in [0.1, 0.15) is 6.33 Å². The molecule has 0 aliphatic heterocycles. The van der Waals surface area contributed by atoms with E-state index in [1.165, 1.54) is 56.7 Å². The molecular formula is C23H21N5O8. The Morgan fingerprint density at radius 1 is 0.833 bits per heavy atom. The lowest BCUT2D eigenvalue weighted by atomic mass is 10.1. The lowest BCUT2D eigenvalue weighted by molar-refractivity contribution is -0.383. The summed E-state index contributed by atoms with van der Waals surface area (Å²) in [5, 5.41) is 17.5. The van der Waals surface area contributed by atoms with E-state index in [0.29, 0.717) is 11.3 Å². The second-order valence-electron chi connectivity index (χ2n) is 7.01. The Bertz CT molecular complexity index is 1280. The number of ether oxygens (including phenoxy) is 3. The van der Waals surface area contributed by atoms with Gasteiger partial charge in [0.2, 0.25) is 11.6 Å². The molecule has 3 aromatic rings. The molecule has 0 bridgehead atoms. The van der Waals surface area contributed by atoms with Crippen molar-refractivity contribution in [2.24, 2.45) is 0 Å². The lowest BCUT2D eigenvalue weighted by Gasteiger charge is -2.12. The van der Waals surface area contributed by atoms with Gasteiger partial charge in [0, 0.05) is 11.4 Å². The zero-order valence-electron chi connectivity index (χ0n) is 19.4. The van der Waals surface area contributed by atoms with Gasteiger partial charge in [-0.1, -0.05) is 0 Å². The van der Waals surface area contributed by atoms with E-state index in [-0.39, 0.29) is 35.1 Å². The molecule has 0 atom stereocenters. The van der Waals surface area contributed by atoms with Crippen LogP contribution in [0, 0.1) is 10.1 Å². The number of nitro groups is 1. The van der Waals surface area contributed by atoms with Crippen LogP contribution in [-0.2, 0) is 14.2 Å². The van der Waals surface area contributed by atoms with Crippen LogP contribution in [0.2, 0.25) is 0 Å². The summed E-state index contributed by atoms with van der Waals surface area (Å²) >= 11 is 0. The van der Waals surface area contributed by atoms with Crippen molar-refractivity contribution >= 4 is 46.6 Å². The lowest BCUT2D eigenvalue weighted by Crippen LogP contribution is -2.09. The molecule has 0 radical (unpaired) electrons. The average molecular weight is 495 g/mol. The van der Waals surface area contributed by atoms with E-state index in [0.717, 1.165) is 6.33 Å². The van der Waals surface area contributed by atoms with E-state index in [4.69, 9.17) is 14.2 Å². The van der Waals surface area contributed by atoms with Gasteiger partial charge in [-0.25, -0.2) is 24.4 Å². The van der Waals surface area contributed by atoms with Gasteiger partial charge < -0.3 is 24.8 Å². The number of rotatable bonds is 9. The quantitative estimate of drug-likeness (QED) is 0.191. The number of nitrogens with one attached hydrogen (secondary N) is 2. The maximum Gasteiger partial charge on any atom is 0.353 e. The molecule has 3 rings (SSSR count). The number of benzene rings is 2. The summed E-state index contributed by atoms with van der Waals surface area (Å²) < 4.78 is 14.3. The van der Waals surface area contributed by atoms with Crippen LogP contribution in [0.3, 0.4) is 0 Å². The minimum absolute atomic E-state index is 0.0136.